The summed E-state index contributed by atoms with van der Waals surface area (Å²) in [5.74, 6) is -1.21. The molecule has 3 rings (SSSR count). The molecule has 1 aliphatic heterocycles. The summed E-state index contributed by atoms with van der Waals surface area (Å²) < 4.78 is 33.0. The standard InChI is InChI=1S/C23H29N3O5S2/c1-16-7-9-18(14-21(16)33(29,30)26-11-5-3-4-6-12-26)25-22(27)15-31-23(28)17-8-10-19(24)20(13-17)32-2/h7-10,13-14H,3-6,11-12,15,24H2,1-2H3,(H,25,27). The van der Waals surface area contributed by atoms with E-state index in [1.165, 1.54) is 28.2 Å². The molecule has 0 aliphatic carbocycles. The number of aryl methyl sites for hydroxylation is 1. The normalized spacial score (nSPS) is 15.0. The summed E-state index contributed by atoms with van der Waals surface area (Å²) in [7, 11) is -3.66. The number of amides is 1. The Hall–Kier alpha value is -2.56. The third kappa shape index (κ3) is 6.27. The van der Waals surface area contributed by atoms with Gasteiger partial charge in [0.25, 0.3) is 5.91 Å². The largest absolute Gasteiger partial charge is 0.452 e. The molecule has 2 aromatic carbocycles. The predicted molar refractivity (Wildman–Crippen MR) is 130 cm³/mol. The number of carbonyl (C=O) groups excluding carboxylic acids is 2. The van der Waals surface area contributed by atoms with E-state index in [0.29, 0.717) is 35.6 Å². The van der Waals surface area contributed by atoms with Crippen molar-refractivity contribution in [3.63, 3.8) is 0 Å². The summed E-state index contributed by atoms with van der Waals surface area (Å²) in [6, 6.07) is 9.50. The van der Waals surface area contributed by atoms with Crippen molar-refractivity contribution in [3.8, 4) is 0 Å². The Morgan fingerprint density at radius 3 is 2.45 bits per heavy atom. The first kappa shape index (κ1) is 25.1. The molecule has 0 radical (unpaired) electrons. The highest BCUT2D eigenvalue weighted by atomic mass is 32.2. The average molecular weight is 492 g/mol. The topological polar surface area (TPSA) is 119 Å². The number of esters is 1. The van der Waals surface area contributed by atoms with Gasteiger partial charge in [-0.2, -0.15) is 4.31 Å². The first-order chi connectivity index (χ1) is 15.7. The van der Waals surface area contributed by atoms with Gasteiger partial charge in [0, 0.05) is 29.4 Å². The highest BCUT2D eigenvalue weighted by molar-refractivity contribution is 7.98. The second-order valence-electron chi connectivity index (χ2n) is 7.88. The van der Waals surface area contributed by atoms with Gasteiger partial charge >= 0.3 is 5.97 Å². The summed E-state index contributed by atoms with van der Waals surface area (Å²) in [4.78, 5) is 25.5. The van der Waals surface area contributed by atoms with E-state index in [0.717, 1.165) is 30.6 Å². The zero-order valence-corrected chi connectivity index (χ0v) is 20.4. The van der Waals surface area contributed by atoms with E-state index in [-0.39, 0.29) is 4.90 Å². The minimum absolute atomic E-state index is 0.172. The molecule has 1 fully saturated rings. The van der Waals surface area contributed by atoms with Crippen LogP contribution < -0.4 is 11.1 Å². The molecule has 1 aliphatic rings. The molecule has 0 bridgehead atoms. The zero-order chi connectivity index (χ0) is 24.0. The van der Waals surface area contributed by atoms with Crippen molar-refractivity contribution in [1.29, 1.82) is 0 Å². The number of rotatable bonds is 7. The Labute approximate surface area is 198 Å². The van der Waals surface area contributed by atoms with Crippen molar-refractivity contribution in [2.45, 2.75) is 42.4 Å². The van der Waals surface area contributed by atoms with Gasteiger partial charge in [0.2, 0.25) is 10.0 Å². The average Bonchev–Trinajstić information content (AvgIpc) is 3.09. The minimum atomic E-state index is -3.66. The Kier molecular flexibility index (Phi) is 8.39. The summed E-state index contributed by atoms with van der Waals surface area (Å²) >= 11 is 1.40. The quantitative estimate of drug-likeness (QED) is 0.345. The number of thioether (sulfide) groups is 1. The van der Waals surface area contributed by atoms with Gasteiger partial charge in [-0.05, 0) is 61.9 Å². The van der Waals surface area contributed by atoms with E-state index >= 15 is 0 Å². The van der Waals surface area contributed by atoms with Crippen molar-refractivity contribution in [2.24, 2.45) is 0 Å². The molecular weight excluding hydrogens is 462 g/mol. The van der Waals surface area contributed by atoms with E-state index < -0.39 is 28.5 Å². The van der Waals surface area contributed by atoms with Crippen LogP contribution in [0.5, 0.6) is 0 Å². The first-order valence-electron chi connectivity index (χ1n) is 10.7. The van der Waals surface area contributed by atoms with Crippen LogP contribution in [-0.4, -0.2) is 50.6 Å². The van der Waals surface area contributed by atoms with Crippen molar-refractivity contribution < 1.29 is 22.7 Å². The lowest BCUT2D eigenvalue weighted by molar-refractivity contribution is -0.119. The fraction of sp³-hybridized carbons (Fsp3) is 0.391. The Morgan fingerprint density at radius 1 is 1.09 bits per heavy atom. The summed E-state index contributed by atoms with van der Waals surface area (Å²) in [6.07, 6.45) is 5.57. The van der Waals surface area contributed by atoms with E-state index in [1.807, 2.05) is 6.26 Å². The number of hydrogen-bond donors (Lipinski definition) is 2. The molecule has 10 heteroatoms. The van der Waals surface area contributed by atoms with Gasteiger partial charge in [-0.25, -0.2) is 13.2 Å². The van der Waals surface area contributed by atoms with E-state index in [2.05, 4.69) is 5.32 Å². The lowest BCUT2D eigenvalue weighted by Gasteiger charge is -2.21. The van der Waals surface area contributed by atoms with Gasteiger partial charge in [0.15, 0.2) is 6.61 Å². The first-order valence-corrected chi connectivity index (χ1v) is 13.4. The van der Waals surface area contributed by atoms with Crippen molar-refractivity contribution >= 4 is 45.0 Å². The molecule has 1 saturated heterocycles. The van der Waals surface area contributed by atoms with Gasteiger partial charge in [-0.15, -0.1) is 11.8 Å². The lowest BCUT2D eigenvalue weighted by atomic mass is 10.2. The van der Waals surface area contributed by atoms with Crippen molar-refractivity contribution in [2.75, 3.05) is 37.0 Å². The molecule has 33 heavy (non-hydrogen) atoms. The maximum atomic E-state index is 13.2. The van der Waals surface area contributed by atoms with Crippen LogP contribution in [0.4, 0.5) is 11.4 Å². The van der Waals surface area contributed by atoms with Gasteiger partial charge in [-0.1, -0.05) is 18.9 Å². The third-order valence-electron chi connectivity index (χ3n) is 5.46. The number of anilines is 2. The second-order valence-corrected chi connectivity index (χ2v) is 10.6. The van der Waals surface area contributed by atoms with E-state index in [9.17, 15) is 18.0 Å². The molecule has 3 N–H and O–H groups in total. The van der Waals surface area contributed by atoms with Crippen LogP contribution in [0.3, 0.4) is 0 Å². The highest BCUT2D eigenvalue weighted by Crippen LogP contribution is 2.26. The molecule has 2 aromatic rings. The summed E-state index contributed by atoms with van der Waals surface area (Å²) in [5.41, 5.74) is 7.62. The fourth-order valence-corrected chi connectivity index (χ4v) is 5.94. The molecule has 178 valence electrons. The second kappa shape index (κ2) is 11.0. The van der Waals surface area contributed by atoms with E-state index in [1.54, 1.807) is 31.2 Å². The zero-order valence-electron chi connectivity index (χ0n) is 18.8. The van der Waals surface area contributed by atoms with Gasteiger partial charge in [-0.3, -0.25) is 4.79 Å². The van der Waals surface area contributed by atoms with Crippen LogP contribution in [0.2, 0.25) is 0 Å². The molecule has 0 saturated carbocycles. The minimum Gasteiger partial charge on any atom is -0.452 e. The Morgan fingerprint density at radius 2 is 1.79 bits per heavy atom. The molecule has 0 unspecified atom stereocenters. The number of nitrogen functional groups attached to an aromatic ring is 1. The number of ether oxygens (including phenoxy) is 1. The van der Waals surface area contributed by atoms with Crippen LogP contribution in [0.25, 0.3) is 0 Å². The molecule has 0 atom stereocenters. The molecular formula is C23H29N3O5S2. The molecule has 1 amide bonds. The number of hydrogen-bond acceptors (Lipinski definition) is 7. The SMILES string of the molecule is CSc1cc(C(=O)OCC(=O)Nc2ccc(C)c(S(=O)(=O)N3CCCCCC3)c2)ccc1N. The van der Waals surface area contributed by atoms with Gasteiger partial charge < -0.3 is 15.8 Å². The lowest BCUT2D eigenvalue weighted by Crippen LogP contribution is -2.32. The van der Waals surface area contributed by atoms with Gasteiger partial charge in [0.05, 0.1) is 10.5 Å². The monoisotopic (exact) mass is 491 g/mol. The maximum absolute atomic E-state index is 13.2. The van der Waals surface area contributed by atoms with E-state index in [4.69, 9.17) is 10.5 Å². The summed E-state index contributed by atoms with van der Waals surface area (Å²) in [5, 5.41) is 2.61. The maximum Gasteiger partial charge on any atom is 0.338 e. The molecule has 0 spiro atoms. The highest BCUT2D eigenvalue weighted by Gasteiger charge is 2.27. The third-order valence-corrected chi connectivity index (χ3v) is 8.29. The van der Waals surface area contributed by atoms with Crippen molar-refractivity contribution in [3.05, 3.63) is 47.5 Å². The van der Waals surface area contributed by atoms with Crippen LogP contribution in [-0.2, 0) is 19.6 Å². The Balaban J connectivity index is 1.66. The number of carbonyl (C=O) groups is 2. The summed E-state index contributed by atoms with van der Waals surface area (Å²) in [6.45, 7) is 2.23. The smallest absolute Gasteiger partial charge is 0.338 e. The number of nitrogens with zero attached hydrogens (tertiary/aromatic N) is 1. The fourth-order valence-electron chi connectivity index (χ4n) is 3.63. The molecule has 8 nitrogen and oxygen atoms in total. The number of benzene rings is 2. The predicted octanol–water partition coefficient (Wildman–Crippen LogP) is 3.66. The van der Waals surface area contributed by atoms with Crippen LogP contribution in [0.15, 0.2) is 46.2 Å². The van der Waals surface area contributed by atoms with Crippen LogP contribution in [0.1, 0.15) is 41.6 Å². The molecule has 1 heterocycles. The number of nitrogens with two attached hydrogens (primary N) is 1. The Bertz CT molecular complexity index is 1130. The van der Waals surface area contributed by atoms with Gasteiger partial charge in [0.1, 0.15) is 0 Å². The van der Waals surface area contributed by atoms with Crippen molar-refractivity contribution in [1.82, 2.24) is 4.31 Å². The van der Waals surface area contributed by atoms with Crippen LogP contribution in [0, 0.1) is 6.92 Å². The number of nitrogens with one attached hydrogen (secondary N) is 1. The van der Waals surface area contributed by atoms with Crippen LogP contribution >= 0.6 is 11.8 Å². The number of sulfonamides is 1. The molecule has 0 aromatic heterocycles.